The molecule has 0 aliphatic carbocycles. The summed E-state index contributed by atoms with van der Waals surface area (Å²) in [4.78, 5) is 36.1. The van der Waals surface area contributed by atoms with E-state index < -0.39 is 6.03 Å². The molecule has 3 amide bonds. The van der Waals surface area contributed by atoms with Gasteiger partial charge in [0.25, 0.3) is 5.91 Å². The van der Waals surface area contributed by atoms with Crippen LogP contribution in [0.25, 0.3) is 10.9 Å². The summed E-state index contributed by atoms with van der Waals surface area (Å²) >= 11 is 0. The molecule has 4 aromatic rings. The number of urea groups is 1. The highest BCUT2D eigenvalue weighted by Crippen LogP contribution is 2.26. The van der Waals surface area contributed by atoms with Crippen LogP contribution in [-0.2, 0) is 6.42 Å². The lowest BCUT2D eigenvalue weighted by Gasteiger charge is -2.13. The van der Waals surface area contributed by atoms with Crippen LogP contribution < -0.4 is 20.7 Å². The fraction of sp³-hybridized carbons (Fsp3) is 0.130. The molecule has 2 aromatic carbocycles. The summed E-state index contributed by atoms with van der Waals surface area (Å²) in [5, 5.41) is 9.31. The van der Waals surface area contributed by atoms with Gasteiger partial charge in [0, 0.05) is 41.6 Å². The number of anilines is 2. The molecule has 0 saturated carbocycles. The maximum atomic E-state index is 12.7. The molecular formula is C23H22N6O3. The molecule has 2 aromatic heterocycles. The second-order valence-electron chi connectivity index (χ2n) is 6.95. The van der Waals surface area contributed by atoms with Crippen LogP contribution in [0.4, 0.5) is 16.3 Å². The zero-order chi connectivity index (χ0) is 22.3. The summed E-state index contributed by atoms with van der Waals surface area (Å²) in [6, 6.07) is 12.4. The molecule has 0 aliphatic heterocycles. The number of aromatic amines is 1. The van der Waals surface area contributed by atoms with Gasteiger partial charge in [-0.15, -0.1) is 0 Å². The van der Waals surface area contributed by atoms with Crippen LogP contribution in [0, 0.1) is 0 Å². The number of para-hydroxylation sites is 1. The lowest BCUT2D eigenvalue weighted by atomic mass is 10.1. The van der Waals surface area contributed by atoms with Crippen molar-refractivity contribution in [3.63, 3.8) is 0 Å². The number of aromatic nitrogens is 3. The molecule has 0 atom stereocenters. The molecule has 162 valence electrons. The van der Waals surface area contributed by atoms with Crippen LogP contribution in [0.2, 0.25) is 0 Å². The minimum Gasteiger partial charge on any atom is -0.495 e. The minimum atomic E-state index is -0.527. The number of carbonyl (C=O) groups excluding carboxylic acids is 2. The highest BCUT2D eigenvalue weighted by molar-refractivity contribution is 6.02. The van der Waals surface area contributed by atoms with Crippen molar-refractivity contribution in [2.45, 2.75) is 6.42 Å². The molecule has 0 bridgehead atoms. The average molecular weight is 430 g/mol. The van der Waals surface area contributed by atoms with E-state index in [-0.39, 0.29) is 5.91 Å². The summed E-state index contributed by atoms with van der Waals surface area (Å²) in [7, 11) is 1.49. The van der Waals surface area contributed by atoms with Crippen molar-refractivity contribution in [3.8, 4) is 5.75 Å². The van der Waals surface area contributed by atoms with E-state index in [9.17, 15) is 9.59 Å². The van der Waals surface area contributed by atoms with Crippen molar-refractivity contribution in [2.75, 3.05) is 24.3 Å². The third-order valence-corrected chi connectivity index (χ3v) is 4.87. The number of H-pyrrole nitrogens is 1. The van der Waals surface area contributed by atoms with Gasteiger partial charge >= 0.3 is 6.03 Å². The van der Waals surface area contributed by atoms with E-state index in [1.54, 1.807) is 18.2 Å². The van der Waals surface area contributed by atoms with Gasteiger partial charge in [0.15, 0.2) is 5.82 Å². The SMILES string of the molecule is COc1ccc(C(=O)NCCc2c[nH]c3ccccc23)cc1NC(=O)Nc1cnccn1. The van der Waals surface area contributed by atoms with Crippen LogP contribution in [0.3, 0.4) is 0 Å². The van der Waals surface area contributed by atoms with Gasteiger partial charge < -0.3 is 20.4 Å². The molecule has 4 N–H and O–H groups in total. The average Bonchev–Trinajstić information content (AvgIpc) is 3.22. The first-order chi connectivity index (χ1) is 15.6. The van der Waals surface area contributed by atoms with Crippen molar-refractivity contribution in [2.24, 2.45) is 0 Å². The molecule has 0 radical (unpaired) electrons. The van der Waals surface area contributed by atoms with E-state index in [0.717, 1.165) is 16.5 Å². The van der Waals surface area contributed by atoms with Gasteiger partial charge in [-0.1, -0.05) is 18.2 Å². The first kappa shape index (κ1) is 20.9. The monoisotopic (exact) mass is 430 g/mol. The number of methoxy groups -OCH3 is 1. The van der Waals surface area contributed by atoms with Crippen molar-refractivity contribution in [1.82, 2.24) is 20.3 Å². The van der Waals surface area contributed by atoms with E-state index in [0.29, 0.717) is 35.8 Å². The number of ether oxygens (including phenoxy) is 1. The van der Waals surface area contributed by atoms with Gasteiger partial charge in [0.1, 0.15) is 5.75 Å². The predicted octanol–water partition coefficient (Wildman–Crippen LogP) is 3.58. The van der Waals surface area contributed by atoms with Crippen molar-refractivity contribution < 1.29 is 14.3 Å². The maximum absolute atomic E-state index is 12.7. The highest BCUT2D eigenvalue weighted by atomic mass is 16.5. The molecule has 32 heavy (non-hydrogen) atoms. The normalized spacial score (nSPS) is 10.5. The zero-order valence-corrected chi connectivity index (χ0v) is 17.4. The smallest absolute Gasteiger partial charge is 0.324 e. The third kappa shape index (κ3) is 4.84. The van der Waals surface area contributed by atoms with Crippen LogP contribution >= 0.6 is 0 Å². The Hall–Kier alpha value is -4.40. The molecule has 2 heterocycles. The van der Waals surface area contributed by atoms with Crippen molar-refractivity contribution >= 4 is 34.3 Å². The van der Waals surface area contributed by atoms with Crippen LogP contribution in [0.15, 0.2) is 67.3 Å². The van der Waals surface area contributed by atoms with E-state index in [1.165, 1.54) is 25.7 Å². The van der Waals surface area contributed by atoms with E-state index in [2.05, 4.69) is 37.0 Å². The summed E-state index contributed by atoms with van der Waals surface area (Å²) in [5.41, 5.74) is 2.97. The number of nitrogens with zero attached hydrogens (tertiary/aromatic N) is 2. The standard InChI is InChI=1S/C23H22N6O3/c1-32-20-7-6-15(12-19(20)28-23(31)29-21-14-24-10-11-25-21)22(30)26-9-8-16-13-27-18-5-3-2-4-17(16)18/h2-7,10-14,27H,8-9H2,1H3,(H,26,30)(H2,25,28,29,31). The number of amides is 3. The lowest BCUT2D eigenvalue weighted by Crippen LogP contribution is -2.26. The van der Waals surface area contributed by atoms with Gasteiger partial charge in [0.2, 0.25) is 0 Å². The number of hydrogen-bond acceptors (Lipinski definition) is 5. The van der Waals surface area contributed by atoms with Crippen LogP contribution in [0.1, 0.15) is 15.9 Å². The van der Waals surface area contributed by atoms with Gasteiger partial charge in [-0.25, -0.2) is 9.78 Å². The molecule has 4 rings (SSSR count). The van der Waals surface area contributed by atoms with Gasteiger partial charge in [-0.05, 0) is 36.2 Å². The van der Waals surface area contributed by atoms with Crippen LogP contribution in [0.5, 0.6) is 5.75 Å². The number of fused-ring (bicyclic) bond motifs is 1. The predicted molar refractivity (Wildman–Crippen MR) is 122 cm³/mol. The number of rotatable bonds is 7. The molecule has 0 unspecified atom stereocenters. The Morgan fingerprint density at radius 3 is 2.78 bits per heavy atom. The van der Waals surface area contributed by atoms with E-state index >= 15 is 0 Å². The first-order valence-electron chi connectivity index (χ1n) is 9.99. The molecule has 9 nitrogen and oxygen atoms in total. The Morgan fingerprint density at radius 1 is 1.09 bits per heavy atom. The number of hydrogen-bond donors (Lipinski definition) is 4. The van der Waals surface area contributed by atoms with Crippen LogP contribution in [-0.4, -0.2) is 40.5 Å². The first-order valence-corrected chi connectivity index (χ1v) is 9.99. The van der Waals surface area contributed by atoms with Gasteiger partial charge in [-0.3, -0.25) is 15.1 Å². The topological polar surface area (TPSA) is 121 Å². The van der Waals surface area contributed by atoms with Gasteiger partial charge in [0.05, 0.1) is 19.0 Å². The summed E-state index contributed by atoms with van der Waals surface area (Å²) in [6.07, 6.45) is 7.05. The summed E-state index contributed by atoms with van der Waals surface area (Å²) < 4.78 is 5.30. The molecule has 0 fully saturated rings. The Kier molecular flexibility index (Phi) is 6.26. The Bertz CT molecular complexity index is 1240. The highest BCUT2D eigenvalue weighted by Gasteiger charge is 2.13. The molecule has 9 heteroatoms. The lowest BCUT2D eigenvalue weighted by molar-refractivity contribution is 0.0954. The van der Waals surface area contributed by atoms with Crippen molar-refractivity contribution in [1.29, 1.82) is 0 Å². The quantitative estimate of drug-likeness (QED) is 0.357. The molecule has 0 saturated heterocycles. The van der Waals surface area contributed by atoms with E-state index in [1.807, 2.05) is 24.4 Å². The number of benzene rings is 2. The Morgan fingerprint density at radius 2 is 1.97 bits per heavy atom. The second-order valence-corrected chi connectivity index (χ2v) is 6.95. The summed E-state index contributed by atoms with van der Waals surface area (Å²) in [5.74, 6) is 0.481. The number of nitrogens with one attached hydrogen (secondary N) is 4. The molecule has 0 spiro atoms. The van der Waals surface area contributed by atoms with E-state index in [4.69, 9.17) is 4.74 Å². The maximum Gasteiger partial charge on any atom is 0.324 e. The minimum absolute atomic E-state index is 0.245. The van der Waals surface area contributed by atoms with Crippen molar-refractivity contribution in [3.05, 3.63) is 78.4 Å². The third-order valence-electron chi connectivity index (χ3n) is 4.87. The summed E-state index contributed by atoms with van der Waals surface area (Å²) in [6.45, 7) is 0.475. The zero-order valence-electron chi connectivity index (χ0n) is 17.4. The fourth-order valence-electron chi connectivity index (χ4n) is 3.33. The number of carbonyl (C=O) groups is 2. The molecular weight excluding hydrogens is 408 g/mol. The fourth-order valence-corrected chi connectivity index (χ4v) is 3.33. The van der Waals surface area contributed by atoms with Gasteiger partial charge in [-0.2, -0.15) is 0 Å². The second kappa shape index (κ2) is 9.61. The Labute approximate surface area is 184 Å². The largest absolute Gasteiger partial charge is 0.495 e. The molecule has 0 aliphatic rings. The Balaban J connectivity index is 1.39.